The van der Waals surface area contributed by atoms with Crippen LogP contribution in [0, 0.1) is 16.7 Å². The van der Waals surface area contributed by atoms with Crippen molar-refractivity contribution in [1.82, 2.24) is 5.32 Å². The second kappa shape index (κ2) is 5.21. The van der Waals surface area contributed by atoms with Gasteiger partial charge in [0, 0.05) is 5.54 Å². The molecule has 0 saturated heterocycles. The average Bonchev–Trinajstić information content (AvgIpc) is 2.99. The highest BCUT2D eigenvalue weighted by Crippen LogP contribution is 2.66. The van der Waals surface area contributed by atoms with Crippen LogP contribution in [0.2, 0.25) is 0 Å². The summed E-state index contributed by atoms with van der Waals surface area (Å²) in [6.45, 7) is 10.6. The van der Waals surface area contributed by atoms with Gasteiger partial charge in [0.25, 0.3) is 0 Å². The van der Waals surface area contributed by atoms with E-state index >= 15 is 0 Å². The summed E-state index contributed by atoms with van der Waals surface area (Å²) in [5.74, 6) is 0.838. The van der Waals surface area contributed by atoms with Crippen LogP contribution in [0.25, 0.3) is 0 Å². The number of aliphatic hydroxyl groups excluding tert-OH is 1. The monoisotopic (exact) mass is 295 g/mol. The third kappa shape index (κ3) is 2.27. The van der Waals surface area contributed by atoms with Crippen LogP contribution >= 0.6 is 0 Å². The molecule has 0 amide bonds. The molecule has 0 radical (unpaired) electrons. The van der Waals surface area contributed by atoms with E-state index in [0.29, 0.717) is 23.0 Å². The molecule has 3 heteroatoms. The van der Waals surface area contributed by atoms with Crippen LogP contribution in [0.5, 0.6) is 0 Å². The van der Waals surface area contributed by atoms with E-state index in [4.69, 9.17) is 4.74 Å². The summed E-state index contributed by atoms with van der Waals surface area (Å²) in [5, 5.41) is 13.2. The number of ether oxygens (including phenoxy) is 1. The van der Waals surface area contributed by atoms with Crippen LogP contribution in [0.15, 0.2) is 0 Å². The van der Waals surface area contributed by atoms with Crippen molar-refractivity contribution in [2.45, 2.75) is 84.0 Å². The minimum Gasteiger partial charge on any atom is -0.394 e. The van der Waals surface area contributed by atoms with E-state index in [1.165, 1.54) is 19.3 Å². The molecule has 3 rings (SSSR count). The number of nitrogens with one attached hydrogen (secondary N) is 1. The van der Waals surface area contributed by atoms with Crippen molar-refractivity contribution in [3.05, 3.63) is 0 Å². The molecule has 3 saturated carbocycles. The standard InChI is InChI=1S/C18H33NO2/c1-5-19-18(12-20)9-7-14(11-18)21-15-10-13-6-8-17(15,4)16(13,2)3/h13-15,19-20H,5-12H2,1-4H3. The zero-order valence-electron chi connectivity index (χ0n) is 14.2. The normalized spacial score (nSPS) is 48.1. The van der Waals surface area contributed by atoms with Crippen LogP contribution in [-0.4, -0.2) is 36.0 Å². The Morgan fingerprint density at radius 2 is 1.95 bits per heavy atom. The number of likely N-dealkylation sites (N-methyl/N-ethyl adjacent to an activating group) is 1. The lowest BCUT2D eigenvalue weighted by molar-refractivity contribution is -0.0863. The van der Waals surface area contributed by atoms with Crippen LogP contribution in [-0.2, 0) is 4.74 Å². The van der Waals surface area contributed by atoms with Gasteiger partial charge < -0.3 is 15.2 Å². The molecule has 5 atom stereocenters. The predicted octanol–water partition coefficient (Wildman–Crippen LogP) is 3.11. The van der Waals surface area contributed by atoms with Gasteiger partial charge in [-0.05, 0) is 61.8 Å². The lowest BCUT2D eigenvalue weighted by atomic mass is 9.70. The van der Waals surface area contributed by atoms with Crippen molar-refractivity contribution in [1.29, 1.82) is 0 Å². The highest BCUT2D eigenvalue weighted by Gasteiger charge is 2.62. The van der Waals surface area contributed by atoms with E-state index in [1.807, 2.05) is 0 Å². The molecule has 0 heterocycles. The summed E-state index contributed by atoms with van der Waals surface area (Å²) < 4.78 is 6.60. The summed E-state index contributed by atoms with van der Waals surface area (Å²) in [6, 6.07) is 0. The van der Waals surface area contributed by atoms with Gasteiger partial charge in [0.05, 0.1) is 18.8 Å². The van der Waals surface area contributed by atoms with Crippen molar-refractivity contribution in [3.8, 4) is 0 Å². The Bertz CT molecular complexity index is 397. The highest BCUT2D eigenvalue weighted by molar-refractivity contribution is 5.11. The fraction of sp³-hybridized carbons (Fsp3) is 1.00. The molecule has 0 aliphatic heterocycles. The number of hydrogen-bond acceptors (Lipinski definition) is 3. The fourth-order valence-corrected chi connectivity index (χ4v) is 5.50. The first-order valence-electron chi connectivity index (χ1n) is 8.88. The minimum atomic E-state index is -0.0898. The molecular weight excluding hydrogens is 262 g/mol. The smallest absolute Gasteiger partial charge is 0.0640 e. The number of aliphatic hydroxyl groups is 1. The van der Waals surface area contributed by atoms with Gasteiger partial charge in [0.15, 0.2) is 0 Å². The Hall–Kier alpha value is -0.120. The Kier molecular flexibility index (Phi) is 3.91. The lowest BCUT2D eigenvalue weighted by Crippen LogP contribution is -2.47. The molecule has 3 fully saturated rings. The summed E-state index contributed by atoms with van der Waals surface area (Å²) in [7, 11) is 0. The first-order valence-corrected chi connectivity index (χ1v) is 8.88. The zero-order chi connectivity index (χ0) is 15.3. The van der Waals surface area contributed by atoms with Gasteiger partial charge in [-0.25, -0.2) is 0 Å². The second-order valence-corrected chi connectivity index (χ2v) is 8.57. The zero-order valence-corrected chi connectivity index (χ0v) is 14.2. The Labute approximate surface area is 129 Å². The maximum Gasteiger partial charge on any atom is 0.0640 e. The van der Waals surface area contributed by atoms with E-state index in [9.17, 15) is 5.11 Å². The summed E-state index contributed by atoms with van der Waals surface area (Å²) >= 11 is 0. The fourth-order valence-electron chi connectivity index (χ4n) is 5.50. The molecule has 0 aromatic heterocycles. The molecule has 5 unspecified atom stereocenters. The van der Waals surface area contributed by atoms with E-state index < -0.39 is 0 Å². The third-order valence-corrected chi connectivity index (χ3v) is 7.49. The van der Waals surface area contributed by atoms with Crippen molar-refractivity contribution in [2.75, 3.05) is 13.2 Å². The largest absolute Gasteiger partial charge is 0.394 e. The molecule has 3 nitrogen and oxygen atoms in total. The maximum atomic E-state index is 9.75. The van der Waals surface area contributed by atoms with Crippen molar-refractivity contribution in [3.63, 3.8) is 0 Å². The van der Waals surface area contributed by atoms with Gasteiger partial charge in [0.1, 0.15) is 0 Å². The minimum absolute atomic E-state index is 0.0898. The highest BCUT2D eigenvalue weighted by atomic mass is 16.5. The molecule has 3 aliphatic carbocycles. The van der Waals surface area contributed by atoms with Crippen molar-refractivity contribution in [2.24, 2.45) is 16.7 Å². The summed E-state index contributed by atoms with van der Waals surface area (Å²) in [5.41, 5.74) is 0.680. The van der Waals surface area contributed by atoms with Gasteiger partial charge in [-0.15, -0.1) is 0 Å². The molecule has 122 valence electrons. The van der Waals surface area contributed by atoms with Crippen LogP contribution < -0.4 is 5.32 Å². The molecule has 3 aliphatic rings. The van der Waals surface area contributed by atoms with Gasteiger partial charge in [-0.3, -0.25) is 0 Å². The van der Waals surface area contributed by atoms with E-state index in [-0.39, 0.29) is 12.1 Å². The van der Waals surface area contributed by atoms with Gasteiger partial charge >= 0.3 is 0 Å². The van der Waals surface area contributed by atoms with Crippen molar-refractivity contribution >= 4 is 0 Å². The molecule has 2 N–H and O–H groups in total. The van der Waals surface area contributed by atoms with Crippen LogP contribution in [0.1, 0.15) is 66.2 Å². The Balaban J connectivity index is 1.64. The molecule has 0 aromatic carbocycles. The quantitative estimate of drug-likeness (QED) is 0.819. The van der Waals surface area contributed by atoms with Gasteiger partial charge in [-0.1, -0.05) is 27.7 Å². The Morgan fingerprint density at radius 3 is 2.48 bits per heavy atom. The number of hydrogen-bond donors (Lipinski definition) is 2. The molecule has 0 aromatic rings. The number of rotatable bonds is 5. The van der Waals surface area contributed by atoms with Crippen LogP contribution in [0.4, 0.5) is 0 Å². The van der Waals surface area contributed by atoms with E-state index in [1.54, 1.807) is 0 Å². The van der Waals surface area contributed by atoms with E-state index in [2.05, 4.69) is 33.0 Å². The number of fused-ring (bicyclic) bond motifs is 2. The predicted molar refractivity (Wildman–Crippen MR) is 85.2 cm³/mol. The molecule has 0 spiro atoms. The third-order valence-electron chi connectivity index (χ3n) is 7.49. The first-order chi connectivity index (χ1) is 9.87. The topological polar surface area (TPSA) is 41.5 Å². The second-order valence-electron chi connectivity index (χ2n) is 8.57. The van der Waals surface area contributed by atoms with Crippen LogP contribution in [0.3, 0.4) is 0 Å². The lowest BCUT2D eigenvalue weighted by Gasteiger charge is -2.40. The SMILES string of the molecule is CCNC1(CO)CCC(OC2CC3CCC2(C)C3(C)C)C1. The van der Waals surface area contributed by atoms with Gasteiger partial charge in [-0.2, -0.15) is 0 Å². The maximum absolute atomic E-state index is 9.75. The molecule has 21 heavy (non-hydrogen) atoms. The first kappa shape index (κ1) is 15.8. The molecular formula is C18H33NO2. The van der Waals surface area contributed by atoms with Gasteiger partial charge in [0.2, 0.25) is 0 Å². The Morgan fingerprint density at radius 1 is 1.19 bits per heavy atom. The summed E-state index contributed by atoms with van der Waals surface area (Å²) in [4.78, 5) is 0. The van der Waals surface area contributed by atoms with E-state index in [0.717, 1.165) is 31.7 Å². The summed E-state index contributed by atoms with van der Waals surface area (Å²) in [6.07, 6.45) is 7.79. The average molecular weight is 295 g/mol. The molecule has 2 bridgehead atoms. The van der Waals surface area contributed by atoms with Crippen molar-refractivity contribution < 1.29 is 9.84 Å².